The van der Waals surface area contributed by atoms with E-state index >= 15 is 0 Å². The number of hydrogen-bond acceptors (Lipinski definition) is 4. The third-order valence-corrected chi connectivity index (χ3v) is 6.15. The van der Waals surface area contributed by atoms with Crippen molar-refractivity contribution in [2.24, 2.45) is 0 Å². The van der Waals surface area contributed by atoms with Gasteiger partial charge in [0, 0.05) is 26.2 Å². The summed E-state index contributed by atoms with van der Waals surface area (Å²) < 4.78 is 40.0. The van der Waals surface area contributed by atoms with Crippen molar-refractivity contribution in [1.82, 2.24) is 14.9 Å². The van der Waals surface area contributed by atoms with Gasteiger partial charge in [-0.05, 0) is 29.8 Å². The van der Waals surface area contributed by atoms with Crippen LogP contribution < -0.4 is 10.6 Å². The van der Waals surface area contributed by atoms with E-state index in [2.05, 4.69) is 10.6 Å². The van der Waals surface area contributed by atoms with Gasteiger partial charge in [0.05, 0.1) is 4.90 Å². The molecule has 1 unspecified atom stereocenters. The molecule has 1 aliphatic heterocycles. The Morgan fingerprint density at radius 3 is 2.54 bits per heavy atom. The van der Waals surface area contributed by atoms with Crippen molar-refractivity contribution in [2.45, 2.75) is 17.5 Å². The van der Waals surface area contributed by atoms with Crippen molar-refractivity contribution in [3.8, 4) is 0 Å². The average Bonchev–Trinajstić information content (AvgIpc) is 2.67. The fraction of sp³-hybridized carbons (Fsp3) is 0.278. The number of sulfonamides is 1. The Kier molecular flexibility index (Phi) is 5.65. The molecule has 1 fully saturated rings. The number of amides is 1. The molecule has 2 aromatic rings. The van der Waals surface area contributed by atoms with Gasteiger partial charge in [0.1, 0.15) is 11.9 Å². The molecule has 1 saturated heterocycles. The molecule has 6 nitrogen and oxygen atoms in total. The van der Waals surface area contributed by atoms with E-state index in [9.17, 15) is 17.6 Å². The molecule has 0 spiro atoms. The van der Waals surface area contributed by atoms with Gasteiger partial charge in [-0.25, -0.2) is 12.8 Å². The molecule has 1 aliphatic rings. The summed E-state index contributed by atoms with van der Waals surface area (Å²) in [6.07, 6.45) is 0. The summed E-state index contributed by atoms with van der Waals surface area (Å²) in [6.45, 7) is 1.16. The molecule has 0 bridgehead atoms. The lowest BCUT2D eigenvalue weighted by molar-refractivity contribution is -0.125. The molecule has 26 heavy (non-hydrogen) atoms. The number of piperazine rings is 1. The maximum Gasteiger partial charge on any atom is 0.243 e. The Hall–Kier alpha value is -2.29. The molecule has 1 atom stereocenters. The van der Waals surface area contributed by atoms with Gasteiger partial charge in [-0.2, -0.15) is 4.31 Å². The van der Waals surface area contributed by atoms with E-state index in [4.69, 9.17) is 0 Å². The zero-order valence-corrected chi connectivity index (χ0v) is 14.9. The smallest absolute Gasteiger partial charge is 0.243 e. The number of carbonyl (C=O) groups excluding carboxylic acids is 1. The number of carbonyl (C=O) groups is 1. The van der Waals surface area contributed by atoms with Gasteiger partial charge in [0.2, 0.25) is 15.9 Å². The summed E-state index contributed by atoms with van der Waals surface area (Å²) in [5.74, 6) is -0.881. The second-order valence-electron chi connectivity index (χ2n) is 5.99. The number of halogens is 1. The first-order chi connectivity index (χ1) is 12.5. The highest BCUT2D eigenvalue weighted by Crippen LogP contribution is 2.20. The van der Waals surface area contributed by atoms with Crippen LogP contribution in [0.15, 0.2) is 59.5 Å². The van der Waals surface area contributed by atoms with Crippen molar-refractivity contribution in [2.75, 3.05) is 19.6 Å². The van der Waals surface area contributed by atoms with Crippen LogP contribution >= 0.6 is 0 Å². The Labute approximate surface area is 152 Å². The molecule has 2 aromatic carbocycles. The maximum absolute atomic E-state index is 13.1. The van der Waals surface area contributed by atoms with Gasteiger partial charge in [-0.1, -0.05) is 30.3 Å². The van der Waals surface area contributed by atoms with Crippen LogP contribution in [0.3, 0.4) is 0 Å². The summed E-state index contributed by atoms with van der Waals surface area (Å²) in [4.78, 5) is 12.6. The van der Waals surface area contributed by atoms with Crippen molar-refractivity contribution in [3.63, 3.8) is 0 Å². The van der Waals surface area contributed by atoms with E-state index in [0.29, 0.717) is 13.1 Å². The first-order valence-corrected chi connectivity index (χ1v) is 9.72. The SMILES string of the molecule is O=C(NCc1ccccc1)C1CNCCN1S(=O)(=O)c1ccc(F)cc1. The molecular formula is C18H20FN3O3S. The summed E-state index contributed by atoms with van der Waals surface area (Å²) >= 11 is 0. The normalized spacial score (nSPS) is 18.4. The Bertz CT molecular complexity index is 857. The Morgan fingerprint density at radius 1 is 1.15 bits per heavy atom. The summed E-state index contributed by atoms with van der Waals surface area (Å²) in [7, 11) is -3.89. The average molecular weight is 377 g/mol. The lowest BCUT2D eigenvalue weighted by atomic mass is 10.2. The summed E-state index contributed by atoms with van der Waals surface area (Å²) in [6, 6.07) is 13.1. The van der Waals surface area contributed by atoms with Gasteiger partial charge in [0.15, 0.2) is 0 Å². The van der Waals surface area contributed by atoms with Gasteiger partial charge in [0.25, 0.3) is 0 Å². The van der Waals surface area contributed by atoms with Crippen molar-refractivity contribution >= 4 is 15.9 Å². The second kappa shape index (κ2) is 7.94. The number of rotatable bonds is 5. The Morgan fingerprint density at radius 2 is 1.85 bits per heavy atom. The predicted octanol–water partition coefficient (Wildman–Crippen LogP) is 1.10. The Balaban J connectivity index is 1.76. The highest BCUT2D eigenvalue weighted by molar-refractivity contribution is 7.89. The lowest BCUT2D eigenvalue weighted by Crippen LogP contribution is -2.59. The summed E-state index contributed by atoms with van der Waals surface area (Å²) in [5, 5.41) is 5.84. The minimum atomic E-state index is -3.89. The molecule has 0 saturated carbocycles. The highest BCUT2D eigenvalue weighted by atomic mass is 32.2. The summed E-state index contributed by atoms with van der Waals surface area (Å²) in [5.41, 5.74) is 0.928. The topological polar surface area (TPSA) is 78.5 Å². The van der Waals surface area contributed by atoms with E-state index in [1.165, 1.54) is 16.4 Å². The van der Waals surface area contributed by atoms with Crippen LogP contribution in [0, 0.1) is 5.82 Å². The molecule has 3 rings (SSSR count). The van der Waals surface area contributed by atoms with Crippen molar-refractivity contribution < 1.29 is 17.6 Å². The number of benzene rings is 2. The molecule has 0 aromatic heterocycles. The van der Waals surface area contributed by atoms with Crippen LogP contribution in [0.25, 0.3) is 0 Å². The fourth-order valence-electron chi connectivity index (χ4n) is 2.84. The molecule has 0 aliphatic carbocycles. The first kappa shape index (κ1) is 18.5. The standard InChI is InChI=1S/C18H20FN3O3S/c19-15-6-8-16(9-7-15)26(24,25)22-11-10-20-13-17(22)18(23)21-12-14-4-2-1-3-5-14/h1-9,17,20H,10-13H2,(H,21,23). The number of nitrogens with one attached hydrogen (secondary N) is 2. The second-order valence-corrected chi connectivity index (χ2v) is 7.88. The molecule has 1 amide bonds. The highest BCUT2D eigenvalue weighted by Gasteiger charge is 2.37. The third kappa shape index (κ3) is 4.09. The zero-order valence-electron chi connectivity index (χ0n) is 14.1. The molecule has 1 heterocycles. The van der Waals surface area contributed by atoms with Gasteiger partial charge in [-0.3, -0.25) is 4.79 Å². The van der Waals surface area contributed by atoms with E-state index in [1.54, 1.807) is 0 Å². The zero-order chi connectivity index (χ0) is 18.6. The van der Waals surface area contributed by atoms with Crippen molar-refractivity contribution in [1.29, 1.82) is 0 Å². The molecule has 0 radical (unpaired) electrons. The predicted molar refractivity (Wildman–Crippen MR) is 95.2 cm³/mol. The molecule has 8 heteroatoms. The van der Waals surface area contributed by atoms with E-state index in [-0.39, 0.29) is 23.9 Å². The van der Waals surface area contributed by atoms with Crippen LogP contribution in [0.5, 0.6) is 0 Å². The van der Waals surface area contributed by atoms with Crippen LogP contribution in [-0.4, -0.2) is 44.3 Å². The molecular weight excluding hydrogens is 357 g/mol. The van der Waals surface area contributed by atoms with Crippen LogP contribution in [0.1, 0.15) is 5.56 Å². The lowest BCUT2D eigenvalue weighted by Gasteiger charge is -2.34. The maximum atomic E-state index is 13.1. The minimum Gasteiger partial charge on any atom is -0.351 e. The first-order valence-electron chi connectivity index (χ1n) is 8.28. The van der Waals surface area contributed by atoms with Crippen LogP contribution in [0.4, 0.5) is 4.39 Å². The van der Waals surface area contributed by atoms with Crippen LogP contribution in [0.2, 0.25) is 0 Å². The van der Waals surface area contributed by atoms with E-state index in [1.807, 2.05) is 30.3 Å². The molecule has 138 valence electrons. The van der Waals surface area contributed by atoms with Crippen molar-refractivity contribution in [3.05, 3.63) is 66.0 Å². The number of hydrogen-bond donors (Lipinski definition) is 2. The van der Waals surface area contributed by atoms with E-state index in [0.717, 1.165) is 17.7 Å². The largest absolute Gasteiger partial charge is 0.351 e. The van der Waals surface area contributed by atoms with Crippen LogP contribution in [-0.2, 0) is 21.4 Å². The number of nitrogens with zero attached hydrogens (tertiary/aromatic N) is 1. The fourth-order valence-corrected chi connectivity index (χ4v) is 4.43. The molecule has 2 N–H and O–H groups in total. The third-order valence-electron chi connectivity index (χ3n) is 4.23. The van der Waals surface area contributed by atoms with Gasteiger partial charge >= 0.3 is 0 Å². The minimum absolute atomic E-state index is 0.0262. The van der Waals surface area contributed by atoms with Gasteiger partial charge < -0.3 is 10.6 Å². The van der Waals surface area contributed by atoms with Gasteiger partial charge in [-0.15, -0.1) is 0 Å². The van der Waals surface area contributed by atoms with E-state index < -0.39 is 21.9 Å². The monoisotopic (exact) mass is 377 g/mol. The quantitative estimate of drug-likeness (QED) is 0.818.